The van der Waals surface area contributed by atoms with E-state index in [1.54, 1.807) is 4.68 Å². The second-order valence-electron chi connectivity index (χ2n) is 3.14. The predicted molar refractivity (Wildman–Crippen MR) is 56.8 cm³/mol. The van der Waals surface area contributed by atoms with Crippen molar-refractivity contribution in [1.29, 1.82) is 0 Å². The molecule has 1 heterocycles. The van der Waals surface area contributed by atoms with Gasteiger partial charge in [-0.1, -0.05) is 11.6 Å². The molecule has 2 aromatic rings. The number of aromatic nitrogens is 4. The lowest BCUT2D eigenvalue weighted by molar-refractivity contribution is 0.761. The van der Waals surface area contributed by atoms with E-state index in [1.165, 1.54) is 0 Å². The van der Waals surface area contributed by atoms with Gasteiger partial charge in [0.1, 0.15) is 0 Å². The molecule has 0 aliphatic carbocycles. The lowest BCUT2D eigenvalue weighted by Crippen LogP contribution is -2.08. The van der Waals surface area contributed by atoms with Gasteiger partial charge in [0.25, 0.3) is 0 Å². The number of halogens is 1. The summed E-state index contributed by atoms with van der Waals surface area (Å²) < 4.78 is 1.60. The molecule has 0 spiro atoms. The van der Waals surface area contributed by atoms with Gasteiger partial charge in [0.2, 0.25) is 0 Å². The molecular formula is C9H10ClN5. The number of tetrazole rings is 1. The van der Waals surface area contributed by atoms with Crippen molar-refractivity contribution < 1.29 is 0 Å². The van der Waals surface area contributed by atoms with Gasteiger partial charge in [0.15, 0.2) is 5.82 Å². The lowest BCUT2D eigenvalue weighted by atomic mass is 10.2. The maximum Gasteiger partial charge on any atom is 0.170 e. The summed E-state index contributed by atoms with van der Waals surface area (Å²) in [5.74, 6) is 0.622. The fourth-order valence-corrected chi connectivity index (χ4v) is 1.41. The van der Waals surface area contributed by atoms with Crippen LogP contribution in [0.3, 0.4) is 0 Å². The Morgan fingerprint density at radius 2 is 2.27 bits per heavy atom. The molecule has 0 fully saturated rings. The highest BCUT2D eigenvalue weighted by atomic mass is 35.5. The van der Waals surface area contributed by atoms with Crippen molar-refractivity contribution >= 4 is 11.6 Å². The fourth-order valence-electron chi connectivity index (χ4n) is 1.29. The molecule has 1 aromatic heterocycles. The van der Waals surface area contributed by atoms with Crippen molar-refractivity contribution in [2.45, 2.75) is 13.5 Å². The van der Waals surface area contributed by atoms with Crippen LogP contribution in [0.1, 0.15) is 11.4 Å². The summed E-state index contributed by atoms with van der Waals surface area (Å²) in [5.41, 5.74) is 7.35. The minimum atomic E-state index is 0.300. The first kappa shape index (κ1) is 10.1. The molecule has 0 radical (unpaired) electrons. The molecule has 0 aliphatic rings. The first-order valence-corrected chi connectivity index (χ1v) is 4.84. The summed E-state index contributed by atoms with van der Waals surface area (Å²) in [6.07, 6.45) is 0. The van der Waals surface area contributed by atoms with Crippen LogP contribution >= 0.6 is 11.6 Å². The first-order valence-electron chi connectivity index (χ1n) is 4.46. The summed E-state index contributed by atoms with van der Waals surface area (Å²) in [7, 11) is 0. The largest absolute Gasteiger partial charge is 0.324 e. The van der Waals surface area contributed by atoms with Crippen molar-refractivity contribution in [3.63, 3.8) is 0 Å². The summed E-state index contributed by atoms with van der Waals surface area (Å²) in [6.45, 7) is 2.23. The van der Waals surface area contributed by atoms with E-state index in [-0.39, 0.29) is 0 Å². The van der Waals surface area contributed by atoms with Crippen molar-refractivity contribution in [3.05, 3.63) is 34.6 Å². The van der Waals surface area contributed by atoms with Gasteiger partial charge in [-0.3, -0.25) is 0 Å². The van der Waals surface area contributed by atoms with Gasteiger partial charge in [-0.05, 0) is 41.1 Å². The van der Waals surface area contributed by atoms with Gasteiger partial charge in [-0.2, -0.15) is 4.68 Å². The average Bonchev–Trinajstić information content (AvgIpc) is 2.70. The van der Waals surface area contributed by atoms with Gasteiger partial charge < -0.3 is 5.73 Å². The quantitative estimate of drug-likeness (QED) is 0.827. The van der Waals surface area contributed by atoms with Crippen LogP contribution in [0.2, 0.25) is 5.02 Å². The van der Waals surface area contributed by atoms with Gasteiger partial charge in [0, 0.05) is 5.02 Å². The van der Waals surface area contributed by atoms with E-state index >= 15 is 0 Å². The molecular weight excluding hydrogens is 214 g/mol. The summed E-state index contributed by atoms with van der Waals surface area (Å²) >= 11 is 5.93. The van der Waals surface area contributed by atoms with Crippen LogP contribution in [0.25, 0.3) is 5.69 Å². The predicted octanol–water partition coefficient (Wildman–Crippen LogP) is 1.08. The molecule has 1 aromatic carbocycles. The van der Waals surface area contributed by atoms with Crippen molar-refractivity contribution in [2.24, 2.45) is 5.73 Å². The molecule has 0 saturated heterocycles. The molecule has 0 saturated carbocycles. The summed E-state index contributed by atoms with van der Waals surface area (Å²) in [4.78, 5) is 0. The molecule has 0 bridgehead atoms. The van der Waals surface area contributed by atoms with Crippen LogP contribution in [0.5, 0.6) is 0 Å². The number of benzene rings is 1. The molecule has 0 atom stereocenters. The average molecular weight is 224 g/mol. The SMILES string of the molecule is Cc1cc(-n2nnnc2CN)ccc1Cl. The Morgan fingerprint density at radius 3 is 2.93 bits per heavy atom. The third kappa shape index (κ3) is 1.84. The zero-order valence-corrected chi connectivity index (χ0v) is 8.94. The topological polar surface area (TPSA) is 69.6 Å². The standard InChI is InChI=1S/C9H10ClN5/c1-6-4-7(2-3-8(6)10)15-9(5-11)12-13-14-15/h2-4H,5,11H2,1H3. The second kappa shape index (κ2) is 3.96. The minimum Gasteiger partial charge on any atom is -0.324 e. The van der Waals surface area contributed by atoms with E-state index in [9.17, 15) is 0 Å². The van der Waals surface area contributed by atoms with E-state index in [4.69, 9.17) is 17.3 Å². The van der Waals surface area contributed by atoms with Crippen LogP contribution < -0.4 is 5.73 Å². The molecule has 6 heteroatoms. The maximum atomic E-state index is 5.93. The highest BCUT2D eigenvalue weighted by Gasteiger charge is 2.06. The number of nitrogens with zero attached hydrogens (tertiary/aromatic N) is 4. The molecule has 2 rings (SSSR count). The van der Waals surface area contributed by atoms with E-state index < -0.39 is 0 Å². The molecule has 2 N–H and O–H groups in total. The zero-order chi connectivity index (χ0) is 10.8. The Hall–Kier alpha value is -1.46. The van der Waals surface area contributed by atoms with E-state index in [0.29, 0.717) is 12.4 Å². The van der Waals surface area contributed by atoms with Gasteiger partial charge in [-0.15, -0.1) is 5.10 Å². The highest BCUT2D eigenvalue weighted by Crippen LogP contribution is 2.18. The van der Waals surface area contributed by atoms with E-state index in [0.717, 1.165) is 16.3 Å². The minimum absolute atomic E-state index is 0.300. The molecule has 78 valence electrons. The first-order chi connectivity index (χ1) is 7.22. The van der Waals surface area contributed by atoms with Crippen molar-refractivity contribution in [1.82, 2.24) is 20.2 Å². The van der Waals surface area contributed by atoms with Crippen LogP contribution in [0.4, 0.5) is 0 Å². The van der Waals surface area contributed by atoms with Gasteiger partial charge in [-0.25, -0.2) is 0 Å². The Labute approximate surface area is 91.8 Å². The third-order valence-corrected chi connectivity index (χ3v) is 2.53. The fraction of sp³-hybridized carbons (Fsp3) is 0.222. The normalized spacial score (nSPS) is 10.6. The monoisotopic (exact) mass is 223 g/mol. The van der Waals surface area contributed by atoms with Crippen molar-refractivity contribution in [3.8, 4) is 5.69 Å². The Kier molecular flexibility index (Phi) is 2.66. The number of hydrogen-bond acceptors (Lipinski definition) is 4. The smallest absolute Gasteiger partial charge is 0.170 e. The molecule has 0 amide bonds. The van der Waals surface area contributed by atoms with Gasteiger partial charge in [0.05, 0.1) is 12.2 Å². The molecule has 0 aliphatic heterocycles. The van der Waals surface area contributed by atoms with Crippen LogP contribution in [0, 0.1) is 6.92 Å². The highest BCUT2D eigenvalue weighted by molar-refractivity contribution is 6.31. The molecule has 0 unspecified atom stereocenters. The number of hydrogen-bond donors (Lipinski definition) is 1. The second-order valence-corrected chi connectivity index (χ2v) is 3.55. The van der Waals surface area contributed by atoms with Gasteiger partial charge >= 0.3 is 0 Å². The Morgan fingerprint density at radius 1 is 1.47 bits per heavy atom. The Balaban J connectivity index is 2.50. The van der Waals surface area contributed by atoms with E-state index in [2.05, 4.69) is 15.5 Å². The van der Waals surface area contributed by atoms with Crippen LogP contribution in [0.15, 0.2) is 18.2 Å². The number of nitrogens with two attached hydrogens (primary N) is 1. The third-order valence-electron chi connectivity index (χ3n) is 2.10. The Bertz CT molecular complexity index is 479. The van der Waals surface area contributed by atoms with Crippen molar-refractivity contribution in [2.75, 3.05) is 0 Å². The maximum absolute atomic E-state index is 5.93. The molecule has 5 nitrogen and oxygen atoms in total. The summed E-state index contributed by atoms with van der Waals surface area (Å²) in [6, 6.07) is 5.58. The van der Waals surface area contributed by atoms with Crippen LogP contribution in [-0.4, -0.2) is 20.2 Å². The number of aryl methyl sites for hydroxylation is 1. The van der Waals surface area contributed by atoms with E-state index in [1.807, 2.05) is 25.1 Å². The zero-order valence-electron chi connectivity index (χ0n) is 8.18. The number of rotatable bonds is 2. The van der Waals surface area contributed by atoms with Crippen LogP contribution in [-0.2, 0) is 6.54 Å². The lowest BCUT2D eigenvalue weighted by Gasteiger charge is -2.04. The molecule has 15 heavy (non-hydrogen) atoms. The summed E-state index contributed by atoms with van der Waals surface area (Å²) in [5, 5.41) is 12.0.